The van der Waals surface area contributed by atoms with E-state index in [4.69, 9.17) is 10.0 Å². The molecule has 7 heteroatoms. The average molecular weight is 759 g/mol. The molecule has 3 aromatic carbocycles. The number of halogens is 1. The zero-order chi connectivity index (χ0) is 38.4. The van der Waals surface area contributed by atoms with Crippen LogP contribution in [0.1, 0.15) is 79.0 Å². The fraction of sp³-hybridized carbons (Fsp3) is 0.267. The summed E-state index contributed by atoms with van der Waals surface area (Å²) >= 11 is 3.53. The van der Waals surface area contributed by atoms with Crippen LogP contribution in [0.5, 0.6) is 0 Å². The van der Waals surface area contributed by atoms with Crippen molar-refractivity contribution in [1.82, 2.24) is 15.0 Å². The Morgan fingerprint density at radius 2 is 0.731 bits per heavy atom. The lowest BCUT2D eigenvalue weighted by atomic mass is 9.81. The molecule has 0 aliphatic heterocycles. The van der Waals surface area contributed by atoms with E-state index in [1.54, 1.807) is 12.1 Å². The van der Waals surface area contributed by atoms with E-state index in [-0.39, 0.29) is 16.2 Å². The zero-order valence-corrected chi connectivity index (χ0v) is 33.6. The molecule has 0 spiro atoms. The van der Waals surface area contributed by atoms with Crippen LogP contribution in [-0.4, -0.2) is 32.1 Å². The highest BCUT2D eigenvalue weighted by atomic mass is 79.9. The molecule has 0 aliphatic rings. The summed E-state index contributed by atoms with van der Waals surface area (Å²) in [4.78, 5) is 11.8. The minimum atomic E-state index is -1.38. The molecule has 0 bridgehead atoms. The first-order valence-corrected chi connectivity index (χ1v) is 18.3. The van der Waals surface area contributed by atoms with Gasteiger partial charge in [-0.05, 0) is 103 Å². The Morgan fingerprint density at radius 3 is 1.02 bits per heavy atom. The van der Waals surface area contributed by atoms with Crippen LogP contribution in [0.4, 0.5) is 0 Å². The van der Waals surface area contributed by atoms with E-state index >= 15 is 0 Å². The first kappa shape index (κ1) is 42.0. The lowest BCUT2D eigenvalue weighted by molar-refractivity contribution is 0.425. The molecule has 3 aromatic heterocycles. The number of benzene rings is 3. The van der Waals surface area contributed by atoms with Gasteiger partial charge in [0.05, 0.1) is 0 Å². The Morgan fingerprint density at radius 1 is 0.423 bits per heavy atom. The molecule has 3 heterocycles. The molecule has 0 fully saturated rings. The highest BCUT2D eigenvalue weighted by molar-refractivity contribution is 9.10. The molecule has 0 amide bonds. The van der Waals surface area contributed by atoms with Gasteiger partial charge < -0.3 is 10.0 Å². The molecular formula is C45H53BBrN3O2. The van der Waals surface area contributed by atoms with Crippen LogP contribution < -0.4 is 5.46 Å². The minimum Gasteiger partial charge on any atom is -0.423 e. The quantitative estimate of drug-likeness (QED) is 0.176. The number of aromatic nitrogens is 3. The first-order chi connectivity index (χ1) is 24.5. The Labute approximate surface area is 320 Å². The highest BCUT2D eigenvalue weighted by Crippen LogP contribution is 2.33. The molecule has 2 N–H and O–H groups in total. The lowest BCUT2D eigenvalue weighted by Gasteiger charge is -2.22. The molecule has 0 saturated heterocycles. The molecule has 0 radical (unpaired) electrons. The number of rotatable bonds is 3. The van der Waals surface area contributed by atoms with E-state index in [9.17, 15) is 0 Å². The van der Waals surface area contributed by atoms with Crippen LogP contribution in [0.3, 0.4) is 0 Å². The summed E-state index contributed by atoms with van der Waals surface area (Å²) in [5.74, 6) is 0. The highest BCUT2D eigenvalue weighted by Gasteiger charge is 2.19. The van der Waals surface area contributed by atoms with Crippen molar-refractivity contribution in [2.24, 2.45) is 0 Å². The molecule has 6 rings (SSSR count). The summed E-state index contributed by atoms with van der Waals surface area (Å²) in [7, 11) is -1.38. The fourth-order valence-electron chi connectivity index (χ4n) is 5.45. The third-order valence-electron chi connectivity index (χ3n) is 8.14. The standard InChI is InChI=1S/2C15H17N.C10H13Br.C5H6BNO2/c2*1-15(2,3)14-7-5-4-6-13(14)12-8-10-16-11-9-12;1-10(2,3)8-6-4-5-7-9(8)11;8-6(9)5-1-3-7-4-2-5/h2*4-11H,1-3H3;4-7H,1-3H3;1-4,8-9H. The van der Waals surface area contributed by atoms with Gasteiger partial charge in [-0.1, -0.05) is 145 Å². The smallest absolute Gasteiger partial charge is 0.423 e. The van der Waals surface area contributed by atoms with Crippen molar-refractivity contribution in [1.29, 1.82) is 0 Å². The molecule has 5 nitrogen and oxygen atoms in total. The van der Waals surface area contributed by atoms with Crippen molar-refractivity contribution in [3.8, 4) is 22.3 Å². The predicted octanol–water partition coefficient (Wildman–Crippen LogP) is 10.6. The van der Waals surface area contributed by atoms with Crippen molar-refractivity contribution < 1.29 is 10.0 Å². The molecule has 0 saturated carbocycles. The third-order valence-corrected chi connectivity index (χ3v) is 8.83. The van der Waals surface area contributed by atoms with Crippen LogP contribution in [0.25, 0.3) is 22.3 Å². The van der Waals surface area contributed by atoms with Gasteiger partial charge in [-0.2, -0.15) is 0 Å². The van der Waals surface area contributed by atoms with Gasteiger partial charge in [0.1, 0.15) is 0 Å². The van der Waals surface area contributed by atoms with Gasteiger partial charge in [0.2, 0.25) is 0 Å². The summed E-state index contributed by atoms with van der Waals surface area (Å²) in [6.45, 7) is 20.1. The third kappa shape index (κ3) is 13.3. The van der Waals surface area contributed by atoms with Gasteiger partial charge in [0.15, 0.2) is 0 Å². The molecule has 0 atom stereocenters. The minimum absolute atomic E-state index is 0.167. The summed E-state index contributed by atoms with van der Waals surface area (Å²) < 4.78 is 1.20. The van der Waals surface area contributed by atoms with E-state index in [1.807, 2.05) is 30.9 Å². The topological polar surface area (TPSA) is 79.1 Å². The number of pyridine rings is 3. The van der Waals surface area contributed by atoms with Crippen LogP contribution >= 0.6 is 15.9 Å². The lowest BCUT2D eigenvalue weighted by Crippen LogP contribution is -2.29. The van der Waals surface area contributed by atoms with Gasteiger partial charge in [-0.25, -0.2) is 0 Å². The van der Waals surface area contributed by atoms with Crippen molar-refractivity contribution >= 4 is 28.5 Å². The molecule has 0 aliphatic carbocycles. The van der Waals surface area contributed by atoms with Crippen LogP contribution in [0, 0.1) is 0 Å². The van der Waals surface area contributed by atoms with E-state index in [1.165, 1.54) is 55.8 Å². The van der Waals surface area contributed by atoms with Crippen LogP contribution in [-0.2, 0) is 16.2 Å². The predicted molar refractivity (Wildman–Crippen MR) is 224 cm³/mol. The normalized spacial score (nSPS) is 11.1. The number of hydrogen-bond donors (Lipinski definition) is 2. The molecule has 0 unspecified atom stereocenters. The summed E-state index contributed by atoms with van der Waals surface area (Å²) in [5, 5.41) is 17.1. The number of hydrogen-bond acceptors (Lipinski definition) is 5. The second-order valence-corrected chi connectivity index (χ2v) is 16.3. The van der Waals surface area contributed by atoms with E-state index in [2.05, 4.69) is 184 Å². The Balaban J connectivity index is 0.000000192. The average Bonchev–Trinajstić information content (AvgIpc) is 3.12. The van der Waals surface area contributed by atoms with Crippen LogP contribution in [0.2, 0.25) is 0 Å². The van der Waals surface area contributed by atoms with Crippen molar-refractivity contribution in [3.63, 3.8) is 0 Å². The van der Waals surface area contributed by atoms with E-state index in [0.29, 0.717) is 5.46 Å². The Hall–Kier alpha value is -4.43. The molecule has 52 heavy (non-hydrogen) atoms. The van der Waals surface area contributed by atoms with Gasteiger partial charge >= 0.3 is 7.12 Å². The van der Waals surface area contributed by atoms with Crippen molar-refractivity contribution in [3.05, 3.63) is 168 Å². The zero-order valence-electron chi connectivity index (χ0n) is 32.0. The Bertz CT molecular complexity index is 1820. The SMILES string of the molecule is CC(C)(C)c1ccccc1-c1ccncc1.CC(C)(C)c1ccccc1-c1ccncc1.CC(C)(C)c1ccccc1Br.OB(O)c1ccncc1. The molecule has 270 valence electrons. The second-order valence-electron chi connectivity index (χ2n) is 15.4. The van der Waals surface area contributed by atoms with E-state index in [0.717, 1.165) is 0 Å². The van der Waals surface area contributed by atoms with Gasteiger partial charge in [-0.3, -0.25) is 15.0 Å². The largest absolute Gasteiger partial charge is 0.488 e. The Kier molecular flexibility index (Phi) is 15.7. The van der Waals surface area contributed by atoms with Crippen molar-refractivity contribution in [2.45, 2.75) is 78.6 Å². The number of nitrogens with zero attached hydrogens (tertiary/aromatic N) is 3. The maximum absolute atomic E-state index is 8.55. The first-order valence-electron chi connectivity index (χ1n) is 17.5. The summed E-state index contributed by atoms with van der Waals surface area (Å²) in [5.41, 5.74) is 10.2. The fourth-order valence-corrected chi connectivity index (χ4v) is 6.33. The maximum atomic E-state index is 8.55. The van der Waals surface area contributed by atoms with Gasteiger partial charge in [-0.15, -0.1) is 0 Å². The molecular weight excluding hydrogens is 705 g/mol. The van der Waals surface area contributed by atoms with E-state index < -0.39 is 7.12 Å². The molecule has 6 aromatic rings. The van der Waals surface area contributed by atoms with Gasteiger partial charge in [0.25, 0.3) is 0 Å². The summed E-state index contributed by atoms with van der Waals surface area (Å²) in [6, 6.07) is 36.8. The van der Waals surface area contributed by atoms with Gasteiger partial charge in [0, 0.05) is 41.7 Å². The second kappa shape index (κ2) is 19.4. The maximum Gasteiger partial charge on any atom is 0.488 e. The van der Waals surface area contributed by atoms with Crippen molar-refractivity contribution in [2.75, 3.05) is 0 Å². The summed E-state index contributed by atoms with van der Waals surface area (Å²) in [6.07, 6.45) is 10.4. The van der Waals surface area contributed by atoms with Crippen LogP contribution in [0.15, 0.2) is 151 Å². The monoisotopic (exact) mass is 757 g/mol.